The standard InChI is InChI=1S/C38H41N3O3/c1-4-6-20-41-34(37(32-16-10-12-28(3)21-32)39-38(41)31-14-8-7-9-15-31)26-40(24-29-13-11-17-33(22-29)42-5-2)25-30-18-19-35-36(23-30)44-27-43-35/h7-19,21-23H,4-6,20,24-27H2,1-3H3. The van der Waals surface area contributed by atoms with Gasteiger partial charge in [0.05, 0.1) is 18.0 Å². The third kappa shape index (κ3) is 6.81. The first kappa shape index (κ1) is 29.5. The Balaban J connectivity index is 1.45. The van der Waals surface area contributed by atoms with E-state index in [2.05, 4.69) is 108 Å². The average Bonchev–Trinajstić information content (AvgIpc) is 3.65. The van der Waals surface area contributed by atoms with Gasteiger partial charge in [0.2, 0.25) is 6.79 Å². The predicted octanol–water partition coefficient (Wildman–Crippen LogP) is 8.66. The van der Waals surface area contributed by atoms with Crippen LogP contribution < -0.4 is 14.2 Å². The van der Waals surface area contributed by atoms with E-state index < -0.39 is 0 Å². The molecule has 0 spiro atoms. The molecule has 0 aliphatic carbocycles. The Morgan fingerprint density at radius 1 is 0.773 bits per heavy atom. The molecule has 0 atom stereocenters. The molecule has 0 saturated heterocycles. The van der Waals surface area contributed by atoms with Crippen molar-refractivity contribution in [2.45, 2.75) is 59.8 Å². The molecule has 1 aliphatic heterocycles. The van der Waals surface area contributed by atoms with E-state index in [-0.39, 0.29) is 6.79 Å². The number of fused-ring (bicyclic) bond motifs is 1. The van der Waals surface area contributed by atoms with Crippen LogP contribution in [0, 0.1) is 6.92 Å². The predicted molar refractivity (Wildman–Crippen MR) is 176 cm³/mol. The minimum Gasteiger partial charge on any atom is -0.494 e. The van der Waals surface area contributed by atoms with Crippen LogP contribution in [0.25, 0.3) is 22.6 Å². The Morgan fingerprint density at radius 2 is 1.55 bits per heavy atom. The van der Waals surface area contributed by atoms with E-state index in [1.54, 1.807) is 0 Å². The number of nitrogens with zero attached hydrogens (tertiary/aromatic N) is 3. The molecule has 0 radical (unpaired) electrons. The molecule has 6 heteroatoms. The van der Waals surface area contributed by atoms with Crippen LogP contribution in [0.4, 0.5) is 0 Å². The lowest BCUT2D eigenvalue weighted by atomic mass is 10.1. The largest absolute Gasteiger partial charge is 0.494 e. The molecule has 0 saturated carbocycles. The normalized spacial score (nSPS) is 12.2. The highest BCUT2D eigenvalue weighted by molar-refractivity contribution is 5.69. The molecule has 1 aliphatic rings. The van der Waals surface area contributed by atoms with Gasteiger partial charge in [-0.25, -0.2) is 4.98 Å². The number of unbranched alkanes of at least 4 members (excludes halogenated alkanes) is 1. The highest BCUT2D eigenvalue weighted by atomic mass is 16.7. The Bertz CT molecular complexity index is 1700. The number of hydrogen-bond acceptors (Lipinski definition) is 5. The Kier molecular flexibility index (Phi) is 9.28. The summed E-state index contributed by atoms with van der Waals surface area (Å²) in [5.74, 6) is 3.52. The van der Waals surface area contributed by atoms with Crippen molar-refractivity contribution >= 4 is 0 Å². The topological polar surface area (TPSA) is 48.8 Å². The molecule has 6 nitrogen and oxygen atoms in total. The van der Waals surface area contributed by atoms with Gasteiger partial charge in [0, 0.05) is 37.3 Å². The van der Waals surface area contributed by atoms with Crippen LogP contribution in [0.1, 0.15) is 49.1 Å². The summed E-state index contributed by atoms with van der Waals surface area (Å²) in [5.41, 5.74) is 8.16. The van der Waals surface area contributed by atoms with Crippen LogP contribution in [0.2, 0.25) is 0 Å². The molecule has 0 bridgehead atoms. The number of benzene rings is 4. The van der Waals surface area contributed by atoms with Gasteiger partial charge in [-0.3, -0.25) is 4.90 Å². The van der Waals surface area contributed by atoms with Crippen LogP contribution in [0.3, 0.4) is 0 Å². The molecule has 0 N–H and O–H groups in total. The first-order valence-corrected chi connectivity index (χ1v) is 15.7. The zero-order valence-electron chi connectivity index (χ0n) is 26.0. The van der Waals surface area contributed by atoms with Crippen molar-refractivity contribution < 1.29 is 14.2 Å². The van der Waals surface area contributed by atoms with Crippen molar-refractivity contribution in [3.05, 3.63) is 119 Å². The fraction of sp³-hybridized carbons (Fsp3) is 0.289. The van der Waals surface area contributed by atoms with Gasteiger partial charge >= 0.3 is 0 Å². The summed E-state index contributed by atoms with van der Waals surface area (Å²) in [5, 5.41) is 0. The highest BCUT2D eigenvalue weighted by Gasteiger charge is 2.23. The van der Waals surface area contributed by atoms with E-state index in [0.717, 1.165) is 78.9 Å². The molecular formula is C38H41N3O3. The minimum absolute atomic E-state index is 0.269. The fourth-order valence-corrected chi connectivity index (χ4v) is 5.87. The smallest absolute Gasteiger partial charge is 0.231 e. The number of hydrogen-bond donors (Lipinski definition) is 0. The molecule has 6 rings (SSSR count). The Hall–Kier alpha value is -4.55. The van der Waals surface area contributed by atoms with Gasteiger partial charge < -0.3 is 18.8 Å². The average molecular weight is 588 g/mol. The van der Waals surface area contributed by atoms with Crippen LogP contribution >= 0.6 is 0 Å². The van der Waals surface area contributed by atoms with E-state index in [4.69, 9.17) is 19.2 Å². The lowest BCUT2D eigenvalue weighted by molar-refractivity contribution is 0.174. The van der Waals surface area contributed by atoms with Crippen molar-refractivity contribution in [3.63, 3.8) is 0 Å². The molecule has 2 heterocycles. The molecule has 1 aromatic heterocycles. The zero-order valence-corrected chi connectivity index (χ0v) is 26.0. The van der Waals surface area contributed by atoms with Crippen molar-refractivity contribution in [2.24, 2.45) is 0 Å². The van der Waals surface area contributed by atoms with Gasteiger partial charge in [-0.15, -0.1) is 0 Å². The molecule has 226 valence electrons. The second kappa shape index (κ2) is 13.8. The molecule has 44 heavy (non-hydrogen) atoms. The fourth-order valence-electron chi connectivity index (χ4n) is 5.87. The van der Waals surface area contributed by atoms with Crippen LogP contribution in [-0.2, 0) is 26.2 Å². The van der Waals surface area contributed by atoms with Crippen LogP contribution in [0.5, 0.6) is 17.2 Å². The second-order valence-corrected chi connectivity index (χ2v) is 11.4. The summed E-state index contributed by atoms with van der Waals surface area (Å²) in [6.07, 6.45) is 2.19. The van der Waals surface area contributed by atoms with Gasteiger partial charge in [0.1, 0.15) is 11.6 Å². The third-order valence-corrected chi connectivity index (χ3v) is 7.96. The van der Waals surface area contributed by atoms with Gasteiger partial charge in [-0.05, 0) is 61.7 Å². The SMILES string of the molecule is CCCCn1c(-c2ccccc2)nc(-c2cccc(C)c2)c1CN(Cc1cccc(OCC)c1)Cc1ccc2c(c1)OCO2. The zero-order chi connectivity index (χ0) is 30.3. The lowest BCUT2D eigenvalue weighted by Gasteiger charge is -2.25. The molecule has 4 aromatic carbocycles. The maximum Gasteiger partial charge on any atom is 0.231 e. The first-order chi connectivity index (χ1) is 21.6. The Labute approximate surface area is 260 Å². The molecule has 5 aromatic rings. The maximum absolute atomic E-state index is 5.86. The van der Waals surface area contributed by atoms with Crippen molar-refractivity contribution in [1.82, 2.24) is 14.5 Å². The van der Waals surface area contributed by atoms with Crippen LogP contribution in [-0.4, -0.2) is 27.9 Å². The summed E-state index contributed by atoms with van der Waals surface area (Å²) < 4.78 is 19.6. The number of imidazole rings is 1. The van der Waals surface area contributed by atoms with Crippen LogP contribution in [0.15, 0.2) is 97.1 Å². The molecule has 0 unspecified atom stereocenters. The monoisotopic (exact) mass is 587 g/mol. The number of ether oxygens (including phenoxy) is 3. The number of aryl methyl sites for hydroxylation is 1. The van der Waals surface area contributed by atoms with E-state index in [1.807, 2.05) is 19.1 Å². The Morgan fingerprint density at radius 3 is 2.34 bits per heavy atom. The quantitative estimate of drug-likeness (QED) is 0.138. The summed E-state index contributed by atoms with van der Waals surface area (Å²) in [4.78, 5) is 7.87. The summed E-state index contributed by atoms with van der Waals surface area (Å²) in [7, 11) is 0. The van der Waals surface area contributed by atoms with Gasteiger partial charge in [0.25, 0.3) is 0 Å². The van der Waals surface area contributed by atoms with E-state index >= 15 is 0 Å². The van der Waals surface area contributed by atoms with Crippen molar-refractivity contribution in [2.75, 3.05) is 13.4 Å². The number of aromatic nitrogens is 2. The number of rotatable bonds is 13. The lowest BCUT2D eigenvalue weighted by Crippen LogP contribution is -2.24. The van der Waals surface area contributed by atoms with Gasteiger partial charge in [0.15, 0.2) is 11.5 Å². The first-order valence-electron chi connectivity index (χ1n) is 15.7. The van der Waals surface area contributed by atoms with Crippen molar-refractivity contribution in [3.8, 4) is 39.9 Å². The summed E-state index contributed by atoms with van der Waals surface area (Å²) >= 11 is 0. The minimum atomic E-state index is 0.269. The van der Waals surface area contributed by atoms with Crippen molar-refractivity contribution in [1.29, 1.82) is 0 Å². The van der Waals surface area contributed by atoms with E-state index in [9.17, 15) is 0 Å². The van der Waals surface area contributed by atoms with E-state index in [1.165, 1.54) is 22.4 Å². The van der Waals surface area contributed by atoms with E-state index in [0.29, 0.717) is 6.61 Å². The maximum atomic E-state index is 5.86. The summed E-state index contributed by atoms with van der Waals surface area (Å²) in [6.45, 7) is 10.4. The second-order valence-electron chi connectivity index (χ2n) is 11.4. The van der Waals surface area contributed by atoms with Gasteiger partial charge in [-0.1, -0.05) is 85.6 Å². The molecule has 0 amide bonds. The van der Waals surface area contributed by atoms with Gasteiger partial charge in [-0.2, -0.15) is 0 Å². The summed E-state index contributed by atoms with van der Waals surface area (Å²) in [6, 6.07) is 34.0. The molecular weight excluding hydrogens is 546 g/mol. The highest BCUT2D eigenvalue weighted by Crippen LogP contribution is 2.35. The third-order valence-electron chi connectivity index (χ3n) is 7.96. The molecule has 0 fully saturated rings.